The standard InChI is InChI=1S/C8H16ClN3/c1-3-5-6-11-7-10-12(4-2)8(11)9/h7-8H,3-6H2,1-2H3. The Labute approximate surface area is 79.0 Å². The molecule has 4 heteroatoms. The Morgan fingerprint density at radius 3 is 2.75 bits per heavy atom. The van der Waals surface area contributed by atoms with Crippen molar-refractivity contribution in [3.05, 3.63) is 0 Å². The first-order chi connectivity index (χ1) is 5.79. The van der Waals surface area contributed by atoms with E-state index in [0.29, 0.717) is 0 Å². The maximum Gasteiger partial charge on any atom is 0.195 e. The highest BCUT2D eigenvalue weighted by Gasteiger charge is 2.22. The molecule has 0 aromatic rings. The fourth-order valence-electron chi connectivity index (χ4n) is 1.15. The van der Waals surface area contributed by atoms with Gasteiger partial charge < -0.3 is 4.90 Å². The summed E-state index contributed by atoms with van der Waals surface area (Å²) in [6, 6.07) is 0. The van der Waals surface area contributed by atoms with Crippen LogP contribution < -0.4 is 0 Å². The predicted molar refractivity (Wildman–Crippen MR) is 52.1 cm³/mol. The van der Waals surface area contributed by atoms with Crippen LogP contribution in [-0.2, 0) is 0 Å². The molecule has 0 bridgehead atoms. The Morgan fingerprint density at radius 2 is 2.25 bits per heavy atom. The molecule has 0 saturated carbocycles. The van der Waals surface area contributed by atoms with Gasteiger partial charge in [-0.15, -0.1) is 0 Å². The van der Waals surface area contributed by atoms with Crippen LogP contribution in [0.5, 0.6) is 0 Å². The molecule has 0 radical (unpaired) electrons. The molecular weight excluding hydrogens is 174 g/mol. The van der Waals surface area contributed by atoms with Gasteiger partial charge in [0.2, 0.25) is 0 Å². The molecule has 0 saturated heterocycles. The van der Waals surface area contributed by atoms with E-state index in [0.717, 1.165) is 13.1 Å². The van der Waals surface area contributed by atoms with Crippen molar-refractivity contribution in [1.82, 2.24) is 9.91 Å². The third-order valence-electron chi connectivity index (χ3n) is 1.96. The van der Waals surface area contributed by atoms with Crippen LogP contribution in [0.1, 0.15) is 26.7 Å². The SMILES string of the molecule is CCCCN1C=NN(CC)C1Cl. The van der Waals surface area contributed by atoms with Crippen LogP contribution in [0.15, 0.2) is 5.10 Å². The zero-order valence-electron chi connectivity index (χ0n) is 7.70. The zero-order valence-corrected chi connectivity index (χ0v) is 8.46. The van der Waals surface area contributed by atoms with Crippen molar-refractivity contribution in [1.29, 1.82) is 0 Å². The first-order valence-corrected chi connectivity index (χ1v) is 4.93. The van der Waals surface area contributed by atoms with Crippen LogP contribution in [0, 0.1) is 0 Å². The van der Waals surface area contributed by atoms with E-state index in [2.05, 4.69) is 23.8 Å². The number of halogens is 1. The third-order valence-corrected chi connectivity index (χ3v) is 2.44. The van der Waals surface area contributed by atoms with Gasteiger partial charge in [-0.3, -0.25) is 5.01 Å². The summed E-state index contributed by atoms with van der Waals surface area (Å²) in [6.07, 6.45) is 4.20. The average molecular weight is 190 g/mol. The minimum atomic E-state index is -0.0680. The maximum absolute atomic E-state index is 6.11. The minimum Gasteiger partial charge on any atom is -0.327 e. The first kappa shape index (κ1) is 9.65. The molecule has 1 aliphatic heterocycles. The van der Waals surface area contributed by atoms with Crippen molar-refractivity contribution >= 4 is 17.9 Å². The number of rotatable bonds is 4. The zero-order chi connectivity index (χ0) is 8.97. The largest absolute Gasteiger partial charge is 0.327 e. The van der Waals surface area contributed by atoms with Gasteiger partial charge in [0.15, 0.2) is 5.62 Å². The van der Waals surface area contributed by atoms with Crippen molar-refractivity contribution in [3.8, 4) is 0 Å². The van der Waals surface area contributed by atoms with Gasteiger partial charge in [0.1, 0.15) is 6.34 Å². The molecule has 1 atom stereocenters. The molecule has 1 heterocycles. The molecule has 0 aromatic carbocycles. The molecule has 1 unspecified atom stereocenters. The normalized spacial score (nSPS) is 22.4. The highest BCUT2D eigenvalue weighted by atomic mass is 35.5. The summed E-state index contributed by atoms with van der Waals surface area (Å²) in [5.41, 5.74) is -0.0680. The number of unbranched alkanes of at least 4 members (excludes halogenated alkanes) is 1. The highest BCUT2D eigenvalue weighted by molar-refractivity contribution is 6.20. The van der Waals surface area contributed by atoms with E-state index in [1.807, 2.05) is 11.3 Å². The molecule has 0 N–H and O–H groups in total. The number of nitrogens with zero attached hydrogens (tertiary/aromatic N) is 3. The van der Waals surface area contributed by atoms with E-state index in [-0.39, 0.29) is 5.62 Å². The first-order valence-electron chi connectivity index (χ1n) is 4.50. The quantitative estimate of drug-likeness (QED) is 0.497. The number of hydrogen-bond acceptors (Lipinski definition) is 3. The fourth-order valence-corrected chi connectivity index (χ4v) is 1.49. The summed E-state index contributed by atoms with van der Waals surface area (Å²) in [6.45, 7) is 6.10. The summed E-state index contributed by atoms with van der Waals surface area (Å²) < 4.78 is 0. The summed E-state index contributed by atoms with van der Waals surface area (Å²) in [4.78, 5) is 2.06. The van der Waals surface area contributed by atoms with E-state index in [9.17, 15) is 0 Å². The second kappa shape index (κ2) is 4.55. The van der Waals surface area contributed by atoms with Crippen LogP contribution in [-0.4, -0.2) is 35.0 Å². The molecule has 0 aliphatic carbocycles. The van der Waals surface area contributed by atoms with Gasteiger partial charge in [-0.05, 0) is 13.3 Å². The highest BCUT2D eigenvalue weighted by Crippen LogP contribution is 2.15. The molecular formula is C8H16ClN3. The van der Waals surface area contributed by atoms with Crippen molar-refractivity contribution in [2.24, 2.45) is 5.10 Å². The van der Waals surface area contributed by atoms with Crippen molar-refractivity contribution in [2.75, 3.05) is 13.1 Å². The molecule has 0 spiro atoms. The van der Waals surface area contributed by atoms with E-state index in [1.165, 1.54) is 12.8 Å². The van der Waals surface area contributed by atoms with Gasteiger partial charge in [0.05, 0.1) is 0 Å². The van der Waals surface area contributed by atoms with Crippen LogP contribution in [0.3, 0.4) is 0 Å². The maximum atomic E-state index is 6.11. The van der Waals surface area contributed by atoms with Crippen molar-refractivity contribution < 1.29 is 0 Å². The van der Waals surface area contributed by atoms with Gasteiger partial charge in [0.25, 0.3) is 0 Å². The molecule has 3 nitrogen and oxygen atoms in total. The summed E-state index contributed by atoms with van der Waals surface area (Å²) in [5.74, 6) is 0. The summed E-state index contributed by atoms with van der Waals surface area (Å²) in [7, 11) is 0. The lowest BCUT2D eigenvalue weighted by Crippen LogP contribution is -2.35. The number of hydrogen-bond donors (Lipinski definition) is 0. The van der Waals surface area contributed by atoms with Crippen LogP contribution in [0.2, 0.25) is 0 Å². The summed E-state index contributed by atoms with van der Waals surface area (Å²) >= 11 is 6.11. The molecule has 0 aromatic heterocycles. The van der Waals surface area contributed by atoms with E-state index >= 15 is 0 Å². The molecule has 1 rings (SSSR count). The van der Waals surface area contributed by atoms with E-state index < -0.39 is 0 Å². The van der Waals surface area contributed by atoms with Crippen molar-refractivity contribution in [2.45, 2.75) is 32.3 Å². The molecule has 70 valence electrons. The lowest BCUT2D eigenvalue weighted by Gasteiger charge is -2.23. The van der Waals surface area contributed by atoms with Gasteiger partial charge in [-0.1, -0.05) is 24.9 Å². The van der Waals surface area contributed by atoms with Crippen LogP contribution in [0.25, 0.3) is 0 Å². The molecule has 0 fully saturated rings. The smallest absolute Gasteiger partial charge is 0.195 e. The van der Waals surface area contributed by atoms with E-state index in [1.54, 1.807) is 0 Å². The Balaban J connectivity index is 2.34. The van der Waals surface area contributed by atoms with Crippen LogP contribution in [0.4, 0.5) is 0 Å². The van der Waals surface area contributed by atoms with Gasteiger partial charge in [-0.25, -0.2) is 0 Å². The Bertz CT molecular complexity index is 160. The lowest BCUT2D eigenvalue weighted by molar-refractivity contribution is 0.206. The van der Waals surface area contributed by atoms with Gasteiger partial charge in [0, 0.05) is 13.1 Å². The monoisotopic (exact) mass is 189 g/mol. The number of alkyl halides is 1. The fraction of sp³-hybridized carbons (Fsp3) is 0.875. The molecule has 1 aliphatic rings. The topological polar surface area (TPSA) is 18.8 Å². The Morgan fingerprint density at radius 1 is 1.50 bits per heavy atom. The third kappa shape index (κ3) is 2.03. The second-order valence-corrected chi connectivity index (χ2v) is 3.28. The number of hydrazone groups is 1. The molecule has 0 amide bonds. The Kier molecular flexibility index (Phi) is 3.66. The lowest BCUT2D eigenvalue weighted by atomic mass is 10.3. The average Bonchev–Trinajstić information content (AvgIpc) is 2.43. The van der Waals surface area contributed by atoms with Gasteiger partial charge in [-0.2, -0.15) is 5.10 Å². The minimum absolute atomic E-state index is 0.0680. The van der Waals surface area contributed by atoms with Gasteiger partial charge >= 0.3 is 0 Å². The predicted octanol–water partition coefficient (Wildman–Crippen LogP) is 1.89. The Hall–Kier alpha value is -0.440. The van der Waals surface area contributed by atoms with Crippen LogP contribution >= 0.6 is 11.6 Å². The van der Waals surface area contributed by atoms with Crippen molar-refractivity contribution in [3.63, 3.8) is 0 Å². The summed E-state index contributed by atoms with van der Waals surface area (Å²) in [5, 5.41) is 6.04. The van der Waals surface area contributed by atoms with E-state index in [4.69, 9.17) is 11.6 Å². The molecule has 12 heavy (non-hydrogen) atoms. The second-order valence-electron chi connectivity index (χ2n) is 2.89.